The lowest BCUT2D eigenvalue weighted by Gasteiger charge is -2.38. The standard InChI is InChI=1S/C12H24N2O/c1-11(2)9-10(12(3,4)15-11)14-7-5-13-6-8-14/h10,13H,5-9H2,1-4H3. The Morgan fingerprint density at radius 1 is 1.13 bits per heavy atom. The molecule has 0 amide bonds. The quantitative estimate of drug-likeness (QED) is 0.708. The molecule has 0 saturated carbocycles. The molecule has 0 aromatic heterocycles. The first kappa shape index (κ1) is 11.4. The van der Waals surface area contributed by atoms with E-state index in [2.05, 4.69) is 37.9 Å². The summed E-state index contributed by atoms with van der Waals surface area (Å²) in [6, 6.07) is 0.578. The topological polar surface area (TPSA) is 24.5 Å². The average Bonchev–Trinajstić information content (AvgIpc) is 2.36. The van der Waals surface area contributed by atoms with Crippen LogP contribution >= 0.6 is 0 Å². The molecule has 3 nitrogen and oxygen atoms in total. The maximum absolute atomic E-state index is 6.14. The molecule has 0 radical (unpaired) electrons. The number of nitrogens with zero attached hydrogens (tertiary/aromatic N) is 1. The molecule has 0 aromatic carbocycles. The van der Waals surface area contributed by atoms with Gasteiger partial charge in [0.05, 0.1) is 11.2 Å². The average molecular weight is 212 g/mol. The molecule has 0 aliphatic carbocycles. The molecule has 0 spiro atoms. The molecule has 2 aliphatic rings. The van der Waals surface area contributed by atoms with Gasteiger partial charge in [-0.3, -0.25) is 4.90 Å². The van der Waals surface area contributed by atoms with Gasteiger partial charge in [-0.15, -0.1) is 0 Å². The molecule has 15 heavy (non-hydrogen) atoms. The molecule has 2 saturated heterocycles. The van der Waals surface area contributed by atoms with Crippen LogP contribution in [0.15, 0.2) is 0 Å². The predicted molar refractivity (Wildman–Crippen MR) is 62.1 cm³/mol. The first-order chi connectivity index (χ1) is 6.91. The molecule has 2 rings (SSSR count). The highest BCUT2D eigenvalue weighted by atomic mass is 16.5. The van der Waals surface area contributed by atoms with Crippen molar-refractivity contribution in [3.8, 4) is 0 Å². The van der Waals surface area contributed by atoms with Crippen LogP contribution < -0.4 is 5.32 Å². The van der Waals surface area contributed by atoms with Crippen molar-refractivity contribution in [3.63, 3.8) is 0 Å². The summed E-state index contributed by atoms with van der Waals surface area (Å²) in [6.07, 6.45) is 1.15. The van der Waals surface area contributed by atoms with Gasteiger partial charge in [0.15, 0.2) is 0 Å². The number of ether oxygens (including phenoxy) is 1. The minimum absolute atomic E-state index is 0.000833. The van der Waals surface area contributed by atoms with Crippen LogP contribution in [0.2, 0.25) is 0 Å². The van der Waals surface area contributed by atoms with Gasteiger partial charge >= 0.3 is 0 Å². The van der Waals surface area contributed by atoms with Gasteiger partial charge in [0.2, 0.25) is 0 Å². The van der Waals surface area contributed by atoms with E-state index < -0.39 is 0 Å². The molecule has 2 fully saturated rings. The lowest BCUT2D eigenvalue weighted by atomic mass is 9.92. The largest absolute Gasteiger partial charge is 0.368 e. The number of hydrogen-bond acceptors (Lipinski definition) is 3. The highest BCUT2D eigenvalue weighted by Crippen LogP contribution is 2.40. The van der Waals surface area contributed by atoms with Gasteiger partial charge in [-0.05, 0) is 34.1 Å². The second-order valence-electron chi connectivity index (χ2n) is 5.97. The Kier molecular flexibility index (Phi) is 2.82. The predicted octanol–water partition coefficient (Wildman–Crippen LogP) is 1.24. The van der Waals surface area contributed by atoms with Crippen LogP contribution in [0.3, 0.4) is 0 Å². The summed E-state index contributed by atoms with van der Waals surface area (Å²) in [7, 11) is 0. The summed E-state index contributed by atoms with van der Waals surface area (Å²) < 4.78 is 6.14. The van der Waals surface area contributed by atoms with Crippen LogP contribution in [0.4, 0.5) is 0 Å². The van der Waals surface area contributed by atoms with E-state index in [0.717, 1.165) is 32.6 Å². The molecule has 1 unspecified atom stereocenters. The molecule has 2 aliphatic heterocycles. The Balaban J connectivity index is 2.07. The molecule has 1 atom stereocenters. The third kappa shape index (κ3) is 2.35. The Labute approximate surface area is 93.2 Å². The summed E-state index contributed by atoms with van der Waals surface area (Å²) in [6.45, 7) is 13.4. The van der Waals surface area contributed by atoms with Gasteiger partial charge in [-0.1, -0.05) is 0 Å². The first-order valence-corrected chi connectivity index (χ1v) is 6.06. The van der Waals surface area contributed by atoms with Crippen molar-refractivity contribution in [1.82, 2.24) is 10.2 Å². The van der Waals surface area contributed by atoms with Crippen molar-refractivity contribution in [2.75, 3.05) is 26.2 Å². The number of nitrogens with one attached hydrogen (secondary N) is 1. The van der Waals surface area contributed by atoms with Crippen molar-refractivity contribution in [2.24, 2.45) is 0 Å². The number of hydrogen-bond donors (Lipinski definition) is 1. The van der Waals surface area contributed by atoms with E-state index in [9.17, 15) is 0 Å². The van der Waals surface area contributed by atoms with E-state index in [1.54, 1.807) is 0 Å². The zero-order valence-electron chi connectivity index (χ0n) is 10.5. The molecule has 0 bridgehead atoms. The zero-order chi connectivity index (χ0) is 11.1. The third-order valence-electron chi connectivity index (χ3n) is 3.62. The van der Waals surface area contributed by atoms with Gasteiger partial charge in [-0.25, -0.2) is 0 Å². The Morgan fingerprint density at radius 3 is 2.20 bits per heavy atom. The highest BCUT2D eigenvalue weighted by molar-refractivity contribution is 5.00. The first-order valence-electron chi connectivity index (χ1n) is 6.06. The maximum atomic E-state index is 6.14. The van der Waals surface area contributed by atoms with Crippen LogP contribution in [0.1, 0.15) is 34.1 Å². The Bertz CT molecular complexity index is 232. The second-order valence-corrected chi connectivity index (χ2v) is 5.97. The normalized spacial score (nSPS) is 35.6. The highest BCUT2D eigenvalue weighted by Gasteiger charge is 2.48. The van der Waals surface area contributed by atoms with Crippen molar-refractivity contribution in [3.05, 3.63) is 0 Å². The van der Waals surface area contributed by atoms with Crippen LogP contribution in [-0.2, 0) is 4.74 Å². The van der Waals surface area contributed by atoms with Crippen LogP contribution in [-0.4, -0.2) is 48.3 Å². The summed E-state index contributed by atoms with van der Waals surface area (Å²) >= 11 is 0. The minimum Gasteiger partial charge on any atom is -0.368 e. The zero-order valence-corrected chi connectivity index (χ0v) is 10.5. The summed E-state index contributed by atoms with van der Waals surface area (Å²) in [5.41, 5.74) is 0.0415. The van der Waals surface area contributed by atoms with E-state index >= 15 is 0 Å². The third-order valence-corrected chi connectivity index (χ3v) is 3.62. The summed E-state index contributed by atoms with van der Waals surface area (Å²) in [5, 5.41) is 3.40. The van der Waals surface area contributed by atoms with E-state index in [0.29, 0.717) is 6.04 Å². The Morgan fingerprint density at radius 2 is 1.73 bits per heavy atom. The summed E-state index contributed by atoms with van der Waals surface area (Å²) in [5.74, 6) is 0. The van der Waals surface area contributed by atoms with E-state index in [1.165, 1.54) is 0 Å². The van der Waals surface area contributed by atoms with Crippen molar-refractivity contribution >= 4 is 0 Å². The molecular weight excluding hydrogens is 188 g/mol. The van der Waals surface area contributed by atoms with E-state index in [-0.39, 0.29) is 11.2 Å². The minimum atomic E-state index is 0.000833. The molecular formula is C12H24N2O. The number of rotatable bonds is 1. The van der Waals surface area contributed by atoms with Gasteiger partial charge in [-0.2, -0.15) is 0 Å². The lowest BCUT2D eigenvalue weighted by Crippen LogP contribution is -2.53. The second kappa shape index (κ2) is 3.72. The van der Waals surface area contributed by atoms with Crippen LogP contribution in [0, 0.1) is 0 Å². The van der Waals surface area contributed by atoms with Gasteiger partial charge < -0.3 is 10.1 Å². The van der Waals surface area contributed by atoms with Gasteiger partial charge in [0.25, 0.3) is 0 Å². The fourth-order valence-corrected chi connectivity index (χ4v) is 3.10. The molecule has 1 N–H and O–H groups in total. The van der Waals surface area contributed by atoms with Crippen molar-refractivity contribution < 1.29 is 4.74 Å². The molecule has 2 heterocycles. The van der Waals surface area contributed by atoms with E-state index in [1.807, 2.05) is 0 Å². The lowest BCUT2D eigenvalue weighted by molar-refractivity contribution is -0.0812. The smallest absolute Gasteiger partial charge is 0.0789 e. The monoisotopic (exact) mass is 212 g/mol. The van der Waals surface area contributed by atoms with Gasteiger partial charge in [0.1, 0.15) is 0 Å². The Hall–Kier alpha value is -0.120. The van der Waals surface area contributed by atoms with Crippen molar-refractivity contribution in [1.29, 1.82) is 0 Å². The fraction of sp³-hybridized carbons (Fsp3) is 1.00. The van der Waals surface area contributed by atoms with Gasteiger partial charge in [0, 0.05) is 32.2 Å². The number of piperazine rings is 1. The summed E-state index contributed by atoms with van der Waals surface area (Å²) in [4.78, 5) is 2.59. The van der Waals surface area contributed by atoms with Crippen LogP contribution in [0.5, 0.6) is 0 Å². The maximum Gasteiger partial charge on any atom is 0.0789 e. The molecule has 88 valence electrons. The molecule has 3 heteroatoms. The van der Waals surface area contributed by atoms with Crippen molar-refractivity contribution in [2.45, 2.75) is 51.4 Å². The van der Waals surface area contributed by atoms with E-state index in [4.69, 9.17) is 4.74 Å². The fourth-order valence-electron chi connectivity index (χ4n) is 3.10. The SMILES string of the molecule is CC1(C)CC(N2CCNCC2)C(C)(C)O1. The van der Waals surface area contributed by atoms with Crippen LogP contribution in [0.25, 0.3) is 0 Å². The molecule has 0 aromatic rings.